The molecule has 0 N–H and O–H groups in total. The van der Waals surface area contributed by atoms with E-state index in [9.17, 15) is 17.6 Å². The highest BCUT2D eigenvalue weighted by molar-refractivity contribution is 7.91. The van der Waals surface area contributed by atoms with Gasteiger partial charge in [-0.15, -0.1) is 0 Å². The summed E-state index contributed by atoms with van der Waals surface area (Å²) < 4.78 is 42.0. The van der Waals surface area contributed by atoms with Crippen LogP contribution in [0.2, 0.25) is 0 Å². The first kappa shape index (κ1) is 17.4. The first-order valence-electron chi connectivity index (χ1n) is 7.90. The molecular weight excluding hydrogens is 345 g/mol. The smallest absolute Gasteiger partial charge is 0.265 e. The fourth-order valence-electron chi connectivity index (χ4n) is 2.87. The average Bonchev–Trinajstić information content (AvgIpc) is 2.95. The number of hydrogen-bond acceptors (Lipinski definition) is 4. The van der Waals surface area contributed by atoms with Gasteiger partial charge in [0, 0.05) is 5.69 Å². The lowest BCUT2D eigenvalue weighted by atomic mass is 10.2. The quantitative estimate of drug-likeness (QED) is 0.818. The van der Waals surface area contributed by atoms with Crippen molar-refractivity contribution in [2.24, 2.45) is 0 Å². The fourth-order valence-corrected chi connectivity index (χ4v) is 4.57. The predicted octanol–water partition coefficient (Wildman–Crippen LogP) is 2.42. The first-order valence-corrected chi connectivity index (χ1v) is 9.73. The van der Waals surface area contributed by atoms with Crippen LogP contribution in [0, 0.1) is 5.82 Å². The second kappa shape index (κ2) is 7.23. The van der Waals surface area contributed by atoms with Crippen LogP contribution < -0.4 is 9.64 Å². The molecule has 0 aliphatic carbocycles. The van der Waals surface area contributed by atoms with Crippen LogP contribution in [0.4, 0.5) is 10.1 Å². The number of para-hydroxylation sites is 1. The Hall–Kier alpha value is -2.41. The zero-order valence-electron chi connectivity index (χ0n) is 13.5. The van der Waals surface area contributed by atoms with Gasteiger partial charge >= 0.3 is 0 Å². The third kappa shape index (κ3) is 4.36. The Morgan fingerprint density at radius 1 is 1.12 bits per heavy atom. The lowest BCUT2D eigenvalue weighted by Gasteiger charge is -2.28. The summed E-state index contributed by atoms with van der Waals surface area (Å²) in [6.07, 6.45) is 0.402. The van der Waals surface area contributed by atoms with Crippen LogP contribution in [0.1, 0.15) is 6.42 Å². The van der Waals surface area contributed by atoms with Crippen LogP contribution >= 0.6 is 0 Å². The Balaban J connectivity index is 1.76. The Kier molecular flexibility index (Phi) is 5.03. The van der Waals surface area contributed by atoms with Crippen LogP contribution in [0.5, 0.6) is 5.75 Å². The van der Waals surface area contributed by atoms with Crippen LogP contribution in [0.15, 0.2) is 54.6 Å². The number of amides is 1. The van der Waals surface area contributed by atoms with E-state index in [0.29, 0.717) is 17.9 Å². The van der Waals surface area contributed by atoms with Gasteiger partial charge in [-0.3, -0.25) is 4.79 Å². The number of halogens is 1. The molecule has 0 bridgehead atoms. The molecule has 1 heterocycles. The number of ether oxygens (including phenoxy) is 1. The largest absolute Gasteiger partial charge is 0.484 e. The van der Waals surface area contributed by atoms with Crippen LogP contribution in [-0.4, -0.2) is 38.5 Å². The molecule has 7 heteroatoms. The van der Waals surface area contributed by atoms with Gasteiger partial charge in [-0.2, -0.15) is 0 Å². The summed E-state index contributed by atoms with van der Waals surface area (Å²) in [5.74, 6) is -0.322. The number of nitrogens with zero attached hydrogens (tertiary/aromatic N) is 1. The number of hydrogen-bond donors (Lipinski definition) is 0. The molecule has 1 aliphatic heterocycles. The molecule has 1 fully saturated rings. The van der Waals surface area contributed by atoms with E-state index in [0.717, 1.165) is 0 Å². The maximum absolute atomic E-state index is 12.9. The van der Waals surface area contributed by atoms with Gasteiger partial charge in [-0.1, -0.05) is 18.2 Å². The molecule has 0 aromatic heterocycles. The highest BCUT2D eigenvalue weighted by Crippen LogP contribution is 2.25. The molecule has 0 spiro atoms. The molecule has 1 aliphatic rings. The molecule has 1 atom stereocenters. The van der Waals surface area contributed by atoms with E-state index in [2.05, 4.69) is 0 Å². The zero-order chi connectivity index (χ0) is 17.9. The molecular formula is C18H18FNO4S. The topological polar surface area (TPSA) is 63.7 Å². The third-order valence-corrected chi connectivity index (χ3v) is 5.80. The first-order chi connectivity index (χ1) is 11.9. The van der Waals surface area contributed by atoms with E-state index in [4.69, 9.17) is 4.74 Å². The van der Waals surface area contributed by atoms with Crippen molar-refractivity contribution in [2.45, 2.75) is 12.5 Å². The highest BCUT2D eigenvalue weighted by atomic mass is 32.2. The molecule has 0 radical (unpaired) electrons. The van der Waals surface area contributed by atoms with Crippen molar-refractivity contribution in [2.75, 3.05) is 23.0 Å². The molecule has 132 valence electrons. The second-order valence-corrected chi connectivity index (χ2v) is 8.13. The van der Waals surface area contributed by atoms with Crippen LogP contribution in [0.25, 0.3) is 0 Å². The number of carbonyl (C=O) groups is 1. The van der Waals surface area contributed by atoms with E-state index >= 15 is 0 Å². The van der Waals surface area contributed by atoms with Crippen molar-refractivity contribution in [1.82, 2.24) is 0 Å². The Bertz CT molecular complexity index is 837. The molecule has 0 unspecified atom stereocenters. The van der Waals surface area contributed by atoms with E-state index < -0.39 is 15.9 Å². The van der Waals surface area contributed by atoms with Gasteiger partial charge in [0.25, 0.3) is 5.91 Å². The van der Waals surface area contributed by atoms with Crippen molar-refractivity contribution in [1.29, 1.82) is 0 Å². The number of benzene rings is 2. The van der Waals surface area contributed by atoms with Crippen molar-refractivity contribution in [3.63, 3.8) is 0 Å². The monoisotopic (exact) mass is 363 g/mol. The highest BCUT2D eigenvalue weighted by Gasteiger charge is 2.35. The third-order valence-electron chi connectivity index (χ3n) is 4.05. The minimum atomic E-state index is -3.13. The van der Waals surface area contributed by atoms with E-state index in [1.807, 2.05) is 6.07 Å². The molecule has 2 aromatic carbocycles. The second-order valence-electron chi connectivity index (χ2n) is 5.90. The number of sulfone groups is 1. The fraction of sp³-hybridized carbons (Fsp3) is 0.278. The summed E-state index contributed by atoms with van der Waals surface area (Å²) in [5.41, 5.74) is 0.636. The minimum Gasteiger partial charge on any atom is -0.484 e. The molecule has 1 amide bonds. The minimum absolute atomic E-state index is 0.0514. The van der Waals surface area contributed by atoms with Gasteiger partial charge in [0.05, 0.1) is 17.5 Å². The van der Waals surface area contributed by atoms with Crippen LogP contribution in [-0.2, 0) is 14.6 Å². The average molecular weight is 363 g/mol. The van der Waals surface area contributed by atoms with Crippen LogP contribution in [0.3, 0.4) is 0 Å². The molecule has 0 saturated carbocycles. The van der Waals surface area contributed by atoms with Gasteiger partial charge < -0.3 is 9.64 Å². The van der Waals surface area contributed by atoms with Crippen molar-refractivity contribution in [3.05, 3.63) is 60.4 Å². The van der Waals surface area contributed by atoms with E-state index in [1.165, 1.54) is 29.2 Å². The van der Waals surface area contributed by atoms with Gasteiger partial charge in [0.1, 0.15) is 11.6 Å². The maximum atomic E-state index is 12.9. The van der Waals surface area contributed by atoms with Crippen molar-refractivity contribution in [3.8, 4) is 5.75 Å². The SMILES string of the molecule is O=C(COc1ccc(F)cc1)N(c1ccccc1)[C@H]1CCS(=O)(=O)C1. The van der Waals surface area contributed by atoms with Crippen molar-refractivity contribution >= 4 is 21.4 Å². The lowest BCUT2D eigenvalue weighted by molar-refractivity contribution is -0.121. The number of carbonyl (C=O) groups excluding carboxylic acids is 1. The number of rotatable bonds is 5. The summed E-state index contributed by atoms with van der Waals surface area (Å²) in [5, 5.41) is 0. The number of anilines is 1. The molecule has 5 nitrogen and oxygen atoms in total. The molecule has 3 rings (SSSR count). The van der Waals surface area contributed by atoms with Gasteiger partial charge in [0.15, 0.2) is 16.4 Å². The summed E-state index contributed by atoms with van der Waals surface area (Å²) in [7, 11) is -3.13. The van der Waals surface area contributed by atoms with Gasteiger partial charge in [0.2, 0.25) is 0 Å². The van der Waals surface area contributed by atoms with Gasteiger partial charge in [-0.05, 0) is 42.8 Å². The summed E-state index contributed by atoms with van der Waals surface area (Å²) in [4.78, 5) is 14.2. The Labute approximate surface area is 145 Å². The lowest BCUT2D eigenvalue weighted by Crippen LogP contribution is -2.43. The standard InChI is InChI=1S/C18H18FNO4S/c19-14-6-8-17(9-7-14)24-12-18(21)20(15-4-2-1-3-5-15)16-10-11-25(22,23)13-16/h1-9,16H,10-13H2/t16-/m0/s1. The van der Waals surface area contributed by atoms with Crippen molar-refractivity contribution < 1.29 is 22.3 Å². The Morgan fingerprint density at radius 2 is 1.80 bits per heavy atom. The molecule has 2 aromatic rings. The summed E-state index contributed by atoms with van der Waals surface area (Å²) >= 11 is 0. The normalized spacial score (nSPS) is 18.7. The van der Waals surface area contributed by atoms with E-state index in [1.54, 1.807) is 24.3 Å². The van der Waals surface area contributed by atoms with Gasteiger partial charge in [-0.25, -0.2) is 12.8 Å². The predicted molar refractivity (Wildman–Crippen MR) is 92.9 cm³/mol. The Morgan fingerprint density at radius 3 is 2.40 bits per heavy atom. The maximum Gasteiger partial charge on any atom is 0.265 e. The van der Waals surface area contributed by atoms with E-state index in [-0.39, 0.29) is 29.8 Å². The summed E-state index contributed by atoms with van der Waals surface area (Å²) in [6.45, 7) is -0.253. The molecule has 25 heavy (non-hydrogen) atoms. The zero-order valence-corrected chi connectivity index (χ0v) is 14.3. The summed E-state index contributed by atoms with van der Waals surface area (Å²) in [6, 6.07) is 13.9. The molecule has 1 saturated heterocycles.